The molecule has 100 valence electrons. The topological polar surface area (TPSA) is 94.3 Å². The van der Waals surface area contributed by atoms with Crippen LogP contribution in [0, 0.1) is 0 Å². The zero-order chi connectivity index (χ0) is 13.8. The Kier molecular flexibility index (Phi) is 3.75. The highest BCUT2D eigenvalue weighted by Gasteiger charge is 2.13. The van der Waals surface area contributed by atoms with E-state index in [4.69, 9.17) is 15.9 Å². The van der Waals surface area contributed by atoms with Crippen molar-refractivity contribution in [2.24, 2.45) is 0 Å². The van der Waals surface area contributed by atoms with Gasteiger partial charge in [-0.05, 0) is 37.3 Å². The van der Waals surface area contributed by atoms with Gasteiger partial charge in [0, 0.05) is 23.8 Å². The van der Waals surface area contributed by atoms with Crippen molar-refractivity contribution in [2.75, 3.05) is 11.5 Å². The number of furan rings is 1. The third-order valence-electron chi connectivity index (χ3n) is 2.79. The molecule has 2 aromatic rings. The second kappa shape index (κ2) is 5.48. The molecule has 0 saturated carbocycles. The maximum Gasteiger partial charge on any atom is 0.253 e. The molecule has 1 aromatic carbocycles. The highest BCUT2D eigenvalue weighted by atomic mass is 16.3. The molecule has 0 aliphatic rings. The van der Waals surface area contributed by atoms with Crippen LogP contribution in [-0.4, -0.2) is 11.9 Å². The molecule has 0 aliphatic heterocycles. The minimum atomic E-state index is -0.212. The summed E-state index contributed by atoms with van der Waals surface area (Å²) in [6, 6.07) is 8.51. The van der Waals surface area contributed by atoms with E-state index in [0.29, 0.717) is 23.4 Å². The summed E-state index contributed by atoms with van der Waals surface area (Å²) in [6.45, 7) is 1.91. The van der Waals surface area contributed by atoms with Crippen molar-refractivity contribution in [3.63, 3.8) is 0 Å². The Labute approximate surface area is 111 Å². The summed E-state index contributed by atoms with van der Waals surface area (Å²) in [4.78, 5) is 12.1. The number of carbonyl (C=O) groups is 1. The lowest BCUT2D eigenvalue weighted by molar-refractivity contribution is 0.0940. The van der Waals surface area contributed by atoms with Crippen molar-refractivity contribution in [3.05, 3.63) is 47.9 Å². The van der Waals surface area contributed by atoms with Crippen molar-refractivity contribution in [1.29, 1.82) is 0 Å². The number of hydrogen-bond donors (Lipinski definition) is 3. The molecular formula is C14H17N3O2. The summed E-state index contributed by atoms with van der Waals surface area (Å²) in [5.41, 5.74) is 12.7. The molecule has 0 aliphatic carbocycles. The van der Waals surface area contributed by atoms with Crippen molar-refractivity contribution in [2.45, 2.75) is 19.4 Å². The fourth-order valence-corrected chi connectivity index (χ4v) is 1.87. The summed E-state index contributed by atoms with van der Waals surface area (Å²) in [7, 11) is 0. The predicted molar refractivity (Wildman–Crippen MR) is 74.6 cm³/mol. The molecular weight excluding hydrogens is 242 g/mol. The number of hydrogen-bond acceptors (Lipinski definition) is 4. The van der Waals surface area contributed by atoms with Gasteiger partial charge < -0.3 is 21.2 Å². The molecule has 1 aromatic heterocycles. The average molecular weight is 259 g/mol. The maximum atomic E-state index is 12.1. The Balaban J connectivity index is 2.00. The molecule has 1 heterocycles. The Morgan fingerprint density at radius 1 is 1.37 bits per heavy atom. The van der Waals surface area contributed by atoms with Crippen LogP contribution in [0.2, 0.25) is 0 Å². The highest BCUT2D eigenvalue weighted by Crippen LogP contribution is 2.16. The zero-order valence-electron chi connectivity index (χ0n) is 10.7. The van der Waals surface area contributed by atoms with E-state index in [1.54, 1.807) is 24.5 Å². The lowest BCUT2D eigenvalue weighted by atomic mass is 10.1. The molecule has 1 atom stereocenters. The standard InChI is InChI=1S/C14H17N3O2/c1-9(7-11-3-2-6-19-11)17-14(18)12-5-4-10(15)8-13(12)16/h2-6,8-9H,7,15-16H2,1H3,(H,17,18). The van der Waals surface area contributed by atoms with E-state index < -0.39 is 0 Å². The monoisotopic (exact) mass is 259 g/mol. The molecule has 1 unspecified atom stereocenters. The van der Waals surface area contributed by atoms with E-state index in [1.165, 1.54) is 0 Å². The van der Waals surface area contributed by atoms with Crippen LogP contribution < -0.4 is 16.8 Å². The number of rotatable bonds is 4. The highest BCUT2D eigenvalue weighted by molar-refractivity contribution is 5.99. The third-order valence-corrected chi connectivity index (χ3v) is 2.79. The van der Waals surface area contributed by atoms with Crippen molar-refractivity contribution < 1.29 is 9.21 Å². The molecule has 5 N–H and O–H groups in total. The molecule has 5 nitrogen and oxygen atoms in total. The van der Waals surface area contributed by atoms with Gasteiger partial charge in [-0.1, -0.05) is 0 Å². The van der Waals surface area contributed by atoms with E-state index in [-0.39, 0.29) is 11.9 Å². The second-order valence-electron chi connectivity index (χ2n) is 4.50. The fraction of sp³-hybridized carbons (Fsp3) is 0.214. The van der Waals surface area contributed by atoms with Crippen LogP contribution in [0.25, 0.3) is 0 Å². The summed E-state index contributed by atoms with van der Waals surface area (Å²) >= 11 is 0. The number of nitrogen functional groups attached to an aromatic ring is 2. The average Bonchev–Trinajstić information content (AvgIpc) is 2.81. The Morgan fingerprint density at radius 2 is 2.16 bits per heavy atom. The summed E-state index contributed by atoms with van der Waals surface area (Å²) < 4.78 is 5.24. The van der Waals surface area contributed by atoms with Gasteiger partial charge in [-0.3, -0.25) is 4.79 Å². The predicted octanol–water partition coefficient (Wildman–Crippen LogP) is 1.80. The molecule has 2 rings (SSSR count). The Morgan fingerprint density at radius 3 is 2.79 bits per heavy atom. The van der Waals surface area contributed by atoms with Gasteiger partial charge in [-0.15, -0.1) is 0 Å². The first-order valence-corrected chi connectivity index (χ1v) is 6.04. The van der Waals surface area contributed by atoms with Gasteiger partial charge >= 0.3 is 0 Å². The molecule has 0 radical (unpaired) electrons. The molecule has 19 heavy (non-hydrogen) atoms. The molecule has 0 fully saturated rings. The first kappa shape index (κ1) is 13.0. The lowest BCUT2D eigenvalue weighted by Crippen LogP contribution is -2.34. The van der Waals surface area contributed by atoms with Gasteiger partial charge in [0.2, 0.25) is 0 Å². The van der Waals surface area contributed by atoms with Gasteiger partial charge in [-0.2, -0.15) is 0 Å². The number of nitrogens with one attached hydrogen (secondary N) is 1. The van der Waals surface area contributed by atoms with Crippen LogP contribution in [0.4, 0.5) is 11.4 Å². The van der Waals surface area contributed by atoms with Gasteiger partial charge in [0.25, 0.3) is 5.91 Å². The number of benzene rings is 1. The van der Waals surface area contributed by atoms with E-state index in [0.717, 1.165) is 5.76 Å². The summed E-state index contributed by atoms with van der Waals surface area (Å²) in [5.74, 6) is 0.620. The normalized spacial score (nSPS) is 12.1. The van der Waals surface area contributed by atoms with Crippen LogP contribution in [0.1, 0.15) is 23.0 Å². The lowest BCUT2D eigenvalue weighted by Gasteiger charge is -2.13. The summed E-state index contributed by atoms with van der Waals surface area (Å²) in [6.07, 6.45) is 2.25. The van der Waals surface area contributed by atoms with Crippen LogP contribution >= 0.6 is 0 Å². The number of carbonyl (C=O) groups excluding carboxylic acids is 1. The third kappa shape index (κ3) is 3.28. The molecule has 0 saturated heterocycles. The SMILES string of the molecule is CC(Cc1ccco1)NC(=O)c1ccc(N)cc1N. The first-order valence-electron chi connectivity index (χ1n) is 6.04. The molecule has 0 spiro atoms. The van der Waals surface area contributed by atoms with Gasteiger partial charge in [-0.25, -0.2) is 0 Å². The van der Waals surface area contributed by atoms with Gasteiger partial charge in [0.15, 0.2) is 0 Å². The van der Waals surface area contributed by atoms with E-state index in [9.17, 15) is 4.79 Å². The smallest absolute Gasteiger partial charge is 0.253 e. The van der Waals surface area contributed by atoms with Crippen LogP contribution in [0.15, 0.2) is 41.0 Å². The van der Waals surface area contributed by atoms with Crippen molar-refractivity contribution in [1.82, 2.24) is 5.32 Å². The minimum absolute atomic E-state index is 0.0457. The van der Waals surface area contributed by atoms with Crippen LogP contribution in [-0.2, 0) is 6.42 Å². The molecule has 0 bridgehead atoms. The number of amides is 1. The number of nitrogens with two attached hydrogens (primary N) is 2. The molecule has 1 amide bonds. The molecule has 5 heteroatoms. The van der Waals surface area contributed by atoms with Crippen LogP contribution in [0.5, 0.6) is 0 Å². The van der Waals surface area contributed by atoms with E-state index >= 15 is 0 Å². The van der Waals surface area contributed by atoms with Crippen molar-refractivity contribution in [3.8, 4) is 0 Å². The second-order valence-corrected chi connectivity index (χ2v) is 4.50. The largest absolute Gasteiger partial charge is 0.469 e. The Bertz CT molecular complexity index is 564. The van der Waals surface area contributed by atoms with E-state index in [2.05, 4.69) is 5.32 Å². The first-order chi connectivity index (χ1) is 9.06. The number of anilines is 2. The quantitative estimate of drug-likeness (QED) is 0.730. The fourth-order valence-electron chi connectivity index (χ4n) is 1.87. The van der Waals surface area contributed by atoms with E-state index in [1.807, 2.05) is 19.1 Å². The zero-order valence-corrected chi connectivity index (χ0v) is 10.7. The van der Waals surface area contributed by atoms with Crippen LogP contribution in [0.3, 0.4) is 0 Å². The van der Waals surface area contributed by atoms with Crippen molar-refractivity contribution >= 4 is 17.3 Å². The Hall–Kier alpha value is -2.43. The maximum absolute atomic E-state index is 12.1. The summed E-state index contributed by atoms with van der Waals surface area (Å²) in [5, 5.41) is 2.87. The minimum Gasteiger partial charge on any atom is -0.469 e. The van der Waals surface area contributed by atoms with Gasteiger partial charge in [0.05, 0.1) is 11.8 Å². The van der Waals surface area contributed by atoms with Gasteiger partial charge in [0.1, 0.15) is 5.76 Å².